The second kappa shape index (κ2) is 8.76. The molecule has 0 radical (unpaired) electrons. The van der Waals surface area contributed by atoms with Gasteiger partial charge in [0.15, 0.2) is 11.6 Å². The maximum atomic E-state index is 13.6. The van der Waals surface area contributed by atoms with Crippen LogP contribution >= 0.6 is 12.4 Å². The molecular formula is C18H18ClF2N3O2S. The van der Waals surface area contributed by atoms with Gasteiger partial charge in [-0.3, -0.25) is 0 Å². The summed E-state index contributed by atoms with van der Waals surface area (Å²) in [4.78, 5) is -0.00819. The first kappa shape index (κ1) is 21.3. The molecule has 0 spiro atoms. The molecule has 2 aromatic rings. The lowest BCUT2D eigenvalue weighted by Gasteiger charge is -2.33. The van der Waals surface area contributed by atoms with Gasteiger partial charge < -0.3 is 5.32 Å². The Balaban J connectivity index is 0.00000261. The minimum absolute atomic E-state index is 0. The van der Waals surface area contributed by atoms with E-state index in [-0.39, 0.29) is 28.8 Å². The summed E-state index contributed by atoms with van der Waals surface area (Å²) in [6.07, 6.45) is 0.580. The van der Waals surface area contributed by atoms with Crippen LogP contribution in [0.4, 0.5) is 8.78 Å². The Bertz CT molecular complexity index is 963. The maximum Gasteiger partial charge on any atom is 0.240 e. The van der Waals surface area contributed by atoms with Crippen molar-refractivity contribution in [3.8, 4) is 6.07 Å². The van der Waals surface area contributed by atoms with E-state index >= 15 is 0 Å². The topological polar surface area (TPSA) is 82.0 Å². The minimum Gasteiger partial charge on any atom is -0.315 e. The van der Waals surface area contributed by atoms with Crippen molar-refractivity contribution in [3.63, 3.8) is 0 Å². The first-order valence-electron chi connectivity index (χ1n) is 8.09. The van der Waals surface area contributed by atoms with Crippen LogP contribution < -0.4 is 10.0 Å². The number of nitrogens with one attached hydrogen (secondary N) is 2. The minimum atomic E-state index is -3.86. The molecule has 0 bridgehead atoms. The Hall–Kier alpha value is -2.05. The van der Waals surface area contributed by atoms with Gasteiger partial charge >= 0.3 is 0 Å². The van der Waals surface area contributed by atoms with Gasteiger partial charge in [-0.1, -0.05) is 12.1 Å². The number of nitriles is 1. The second-order valence-electron chi connectivity index (χ2n) is 6.14. The molecule has 2 N–H and O–H groups in total. The number of benzene rings is 2. The van der Waals surface area contributed by atoms with Crippen LogP contribution in [-0.2, 0) is 10.0 Å². The predicted octanol–water partition coefficient (Wildman–Crippen LogP) is 2.68. The average molecular weight is 414 g/mol. The van der Waals surface area contributed by atoms with Crippen LogP contribution in [0.2, 0.25) is 0 Å². The van der Waals surface area contributed by atoms with Crippen molar-refractivity contribution < 1.29 is 17.2 Å². The molecule has 2 aromatic carbocycles. The molecule has 1 aliphatic rings. The van der Waals surface area contributed by atoms with E-state index in [1.54, 1.807) is 0 Å². The van der Waals surface area contributed by atoms with E-state index in [1.807, 2.05) is 6.07 Å². The fourth-order valence-electron chi connectivity index (χ4n) is 3.12. The molecule has 27 heavy (non-hydrogen) atoms. The van der Waals surface area contributed by atoms with Crippen LogP contribution in [0, 0.1) is 23.0 Å². The highest BCUT2D eigenvalue weighted by molar-refractivity contribution is 7.89. The van der Waals surface area contributed by atoms with Crippen molar-refractivity contribution in [2.45, 2.75) is 23.3 Å². The largest absolute Gasteiger partial charge is 0.315 e. The third-order valence-electron chi connectivity index (χ3n) is 4.43. The fraction of sp³-hybridized carbons (Fsp3) is 0.278. The van der Waals surface area contributed by atoms with Crippen molar-refractivity contribution in [2.75, 3.05) is 13.1 Å². The molecule has 0 aromatic heterocycles. The molecule has 9 heteroatoms. The van der Waals surface area contributed by atoms with Gasteiger partial charge in [-0.05, 0) is 48.9 Å². The standard InChI is InChI=1S/C18H17F2N3O2S.ClH/c19-16-5-4-13(9-17(16)20)15-6-7-22-11-18(15)23-26(24,25)14-3-1-2-12(8-14)10-21;/h1-5,8-9,15,18,22-23H,6-7,11H2;1H. The average Bonchev–Trinajstić information content (AvgIpc) is 2.64. The third kappa shape index (κ3) is 4.82. The normalized spacial score (nSPS) is 19.7. The number of halogens is 3. The van der Waals surface area contributed by atoms with Crippen LogP contribution in [0.1, 0.15) is 23.5 Å². The number of piperidine rings is 1. The first-order chi connectivity index (χ1) is 12.4. The number of hydrogen-bond acceptors (Lipinski definition) is 4. The van der Waals surface area contributed by atoms with Crippen molar-refractivity contribution in [1.29, 1.82) is 5.26 Å². The Morgan fingerprint density at radius 2 is 1.93 bits per heavy atom. The van der Waals surface area contributed by atoms with Gasteiger partial charge in [0.05, 0.1) is 16.5 Å². The van der Waals surface area contributed by atoms with E-state index in [0.29, 0.717) is 25.1 Å². The van der Waals surface area contributed by atoms with Crippen molar-refractivity contribution in [3.05, 3.63) is 65.2 Å². The Morgan fingerprint density at radius 1 is 1.15 bits per heavy atom. The summed E-state index contributed by atoms with van der Waals surface area (Å²) in [5, 5.41) is 12.1. The van der Waals surface area contributed by atoms with Gasteiger partial charge in [-0.2, -0.15) is 5.26 Å². The zero-order valence-electron chi connectivity index (χ0n) is 14.2. The Morgan fingerprint density at radius 3 is 2.63 bits per heavy atom. The van der Waals surface area contributed by atoms with Gasteiger partial charge in [-0.15, -0.1) is 12.4 Å². The lowest BCUT2D eigenvalue weighted by molar-refractivity contribution is 0.376. The van der Waals surface area contributed by atoms with Crippen LogP contribution in [0.15, 0.2) is 47.4 Å². The smallest absolute Gasteiger partial charge is 0.240 e. The molecule has 0 amide bonds. The van der Waals surface area contributed by atoms with Crippen molar-refractivity contribution >= 4 is 22.4 Å². The highest BCUT2D eigenvalue weighted by Gasteiger charge is 2.31. The number of nitrogens with zero attached hydrogens (tertiary/aromatic N) is 1. The molecule has 2 unspecified atom stereocenters. The summed E-state index contributed by atoms with van der Waals surface area (Å²) in [6.45, 7) is 1.01. The number of hydrogen-bond donors (Lipinski definition) is 2. The van der Waals surface area contributed by atoms with Gasteiger partial charge in [0, 0.05) is 18.5 Å². The van der Waals surface area contributed by atoms with E-state index in [2.05, 4.69) is 10.0 Å². The van der Waals surface area contributed by atoms with Gasteiger partial charge in [0.25, 0.3) is 0 Å². The molecular weight excluding hydrogens is 396 g/mol. The summed E-state index contributed by atoms with van der Waals surface area (Å²) < 4.78 is 54.8. The fourth-order valence-corrected chi connectivity index (χ4v) is 4.45. The van der Waals surface area contributed by atoms with Gasteiger partial charge in [-0.25, -0.2) is 21.9 Å². The number of rotatable bonds is 4. The van der Waals surface area contributed by atoms with E-state index in [0.717, 1.165) is 12.1 Å². The molecule has 2 atom stereocenters. The monoisotopic (exact) mass is 413 g/mol. The highest BCUT2D eigenvalue weighted by atomic mass is 35.5. The second-order valence-corrected chi connectivity index (χ2v) is 7.85. The Kier molecular flexibility index (Phi) is 6.89. The van der Waals surface area contributed by atoms with E-state index in [9.17, 15) is 17.2 Å². The summed E-state index contributed by atoms with van der Waals surface area (Å²) in [5.41, 5.74) is 0.788. The lowest BCUT2D eigenvalue weighted by Crippen LogP contribution is -2.49. The summed E-state index contributed by atoms with van der Waals surface area (Å²) in [6, 6.07) is 10.7. The molecule has 1 heterocycles. The van der Waals surface area contributed by atoms with E-state index in [4.69, 9.17) is 5.26 Å². The lowest BCUT2D eigenvalue weighted by atomic mass is 9.86. The zero-order valence-corrected chi connectivity index (χ0v) is 15.8. The zero-order chi connectivity index (χ0) is 18.7. The van der Waals surface area contributed by atoms with E-state index in [1.165, 1.54) is 30.3 Å². The van der Waals surface area contributed by atoms with Gasteiger partial charge in [0.1, 0.15) is 0 Å². The quantitative estimate of drug-likeness (QED) is 0.807. The SMILES string of the molecule is Cl.N#Cc1cccc(S(=O)(=O)NC2CNCCC2c2ccc(F)c(F)c2)c1. The molecule has 5 nitrogen and oxygen atoms in total. The summed E-state index contributed by atoms with van der Waals surface area (Å²) in [5.74, 6) is -2.18. The molecule has 3 rings (SSSR count). The van der Waals surface area contributed by atoms with Crippen LogP contribution in [-0.4, -0.2) is 27.5 Å². The molecule has 0 aliphatic carbocycles. The predicted molar refractivity (Wildman–Crippen MR) is 99.1 cm³/mol. The Labute approximate surface area is 162 Å². The first-order valence-corrected chi connectivity index (χ1v) is 9.57. The molecule has 1 fully saturated rings. The third-order valence-corrected chi connectivity index (χ3v) is 5.92. The number of sulfonamides is 1. The molecule has 1 aliphatic heterocycles. The van der Waals surface area contributed by atoms with E-state index < -0.39 is 27.7 Å². The van der Waals surface area contributed by atoms with Gasteiger partial charge in [0.2, 0.25) is 10.0 Å². The summed E-state index contributed by atoms with van der Waals surface area (Å²) >= 11 is 0. The summed E-state index contributed by atoms with van der Waals surface area (Å²) in [7, 11) is -3.86. The molecule has 1 saturated heterocycles. The van der Waals surface area contributed by atoms with Crippen LogP contribution in [0.25, 0.3) is 0 Å². The van der Waals surface area contributed by atoms with Crippen LogP contribution in [0.3, 0.4) is 0 Å². The highest BCUT2D eigenvalue weighted by Crippen LogP contribution is 2.28. The molecule has 0 saturated carbocycles. The maximum absolute atomic E-state index is 13.6. The van der Waals surface area contributed by atoms with Crippen molar-refractivity contribution in [2.24, 2.45) is 0 Å². The van der Waals surface area contributed by atoms with Crippen molar-refractivity contribution in [1.82, 2.24) is 10.0 Å². The molecule has 144 valence electrons. The van der Waals surface area contributed by atoms with Crippen LogP contribution in [0.5, 0.6) is 0 Å².